The van der Waals surface area contributed by atoms with E-state index >= 15 is 0 Å². The number of carbonyl (C=O) groups is 1. The van der Waals surface area contributed by atoms with Crippen LogP contribution in [-0.4, -0.2) is 29.9 Å². The number of likely N-dealkylation sites (tertiary alicyclic amines) is 1. The zero-order chi connectivity index (χ0) is 13.9. The molecule has 2 N–H and O–H groups in total. The summed E-state index contributed by atoms with van der Waals surface area (Å²) in [5.41, 5.74) is 7.44. The zero-order valence-electron chi connectivity index (χ0n) is 12.4. The first kappa shape index (κ1) is 16.3. The smallest absolute Gasteiger partial charge is 0.222 e. The second-order valence-corrected chi connectivity index (χ2v) is 6.29. The van der Waals surface area contributed by atoms with Crippen LogP contribution in [0, 0.1) is 5.92 Å². The fourth-order valence-electron chi connectivity index (χ4n) is 3.66. The third-order valence-corrected chi connectivity index (χ3v) is 4.97. The number of hydrogen-bond acceptors (Lipinski definition) is 2. The van der Waals surface area contributed by atoms with Gasteiger partial charge >= 0.3 is 0 Å². The Kier molecular flexibility index (Phi) is 5.65. The molecule has 1 aliphatic heterocycles. The van der Waals surface area contributed by atoms with Crippen LogP contribution in [0.15, 0.2) is 30.3 Å². The van der Waals surface area contributed by atoms with Gasteiger partial charge in [-0.1, -0.05) is 36.8 Å². The molecule has 4 heteroatoms. The minimum Gasteiger partial charge on any atom is -0.342 e. The molecule has 3 rings (SSSR count). The molecule has 3 nitrogen and oxygen atoms in total. The van der Waals surface area contributed by atoms with E-state index in [1.165, 1.54) is 12.0 Å². The molecule has 3 atom stereocenters. The first-order valence-corrected chi connectivity index (χ1v) is 7.82. The predicted octanol–water partition coefficient (Wildman–Crippen LogP) is 2.94. The molecule has 1 aliphatic carbocycles. The molecule has 0 radical (unpaired) electrons. The van der Waals surface area contributed by atoms with E-state index in [9.17, 15) is 4.79 Å². The molecule has 1 aromatic rings. The van der Waals surface area contributed by atoms with Crippen molar-refractivity contribution in [1.29, 1.82) is 0 Å². The van der Waals surface area contributed by atoms with Crippen LogP contribution in [0.5, 0.6) is 0 Å². The van der Waals surface area contributed by atoms with E-state index in [1.54, 1.807) is 0 Å². The Morgan fingerprint density at radius 2 is 1.95 bits per heavy atom. The molecule has 1 saturated heterocycles. The summed E-state index contributed by atoms with van der Waals surface area (Å²) in [6.45, 7) is 1.78. The first-order valence-electron chi connectivity index (χ1n) is 7.82. The van der Waals surface area contributed by atoms with Crippen molar-refractivity contribution in [3.63, 3.8) is 0 Å². The highest BCUT2D eigenvalue weighted by atomic mass is 35.5. The van der Waals surface area contributed by atoms with Gasteiger partial charge in [-0.3, -0.25) is 4.79 Å². The van der Waals surface area contributed by atoms with Gasteiger partial charge in [0.15, 0.2) is 0 Å². The quantitative estimate of drug-likeness (QED) is 0.933. The van der Waals surface area contributed by atoms with Crippen LogP contribution < -0.4 is 5.73 Å². The third kappa shape index (κ3) is 3.78. The maximum atomic E-state index is 12.4. The number of carbonyl (C=O) groups excluding carboxylic acids is 1. The van der Waals surface area contributed by atoms with Gasteiger partial charge in [-0.25, -0.2) is 0 Å². The van der Waals surface area contributed by atoms with Crippen molar-refractivity contribution in [3.8, 4) is 0 Å². The van der Waals surface area contributed by atoms with Gasteiger partial charge in [0, 0.05) is 31.5 Å². The molecule has 21 heavy (non-hydrogen) atoms. The summed E-state index contributed by atoms with van der Waals surface area (Å²) >= 11 is 0. The fraction of sp³-hybridized carbons (Fsp3) is 0.588. The second-order valence-electron chi connectivity index (χ2n) is 6.29. The van der Waals surface area contributed by atoms with Crippen molar-refractivity contribution in [1.82, 2.24) is 4.90 Å². The number of nitrogens with two attached hydrogens (primary N) is 1. The Labute approximate surface area is 133 Å². The van der Waals surface area contributed by atoms with Gasteiger partial charge < -0.3 is 10.6 Å². The summed E-state index contributed by atoms with van der Waals surface area (Å²) in [7, 11) is 0. The lowest BCUT2D eigenvalue weighted by Crippen LogP contribution is -2.33. The molecule has 116 valence electrons. The van der Waals surface area contributed by atoms with Crippen molar-refractivity contribution in [2.24, 2.45) is 11.7 Å². The van der Waals surface area contributed by atoms with E-state index in [1.807, 2.05) is 11.0 Å². The topological polar surface area (TPSA) is 46.3 Å². The number of halogens is 1. The normalized spacial score (nSPS) is 28.4. The molecule has 1 amide bonds. The number of rotatable bonds is 3. The van der Waals surface area contributed by atoms with E-state index in [0.29, 0.717) is 24.2 Å². The van der Waals surface area contributed by atoms with E-state index in [4.69, 9.17) is 5.73 Å². The number of benzene rings is 1. The number of hydrogen-bond donors (Lipinski definition) is 1. The standard InChI is InChI=1S/C17H24N2O.ClH/c18-16-8-4-7-14(16)11-17(20)19-10-9-15(12-19)13-5-2-1-3-6-13;/h1-3,5-6,14-16H,4,7-12,18H2;1H/t14-,15?,16+;/m0./s1. The van der Waals surface area contributed by atoms with Gasteiger partial charge in [-0.05, 0) is 30.7 Å². The second kappa shape index (κ2) is 7.28. The van der Waals surface area contributed by atoms with Gasteiger partial charge in [0.1, 0.15) is 0 Å². The van der Waals surface area contributed by atoms with Crippen molar-refractivity contribution >= 4 is 18.3 Å². The molecule has 2 fully saturated rings. The number of amides is 1. The molecule has 1 aromatic carbocycles. The van der Waals surface area contributed by atoms with E-state index in [2.05, 4.69) is 24.3 Å². The van der Waals surface area contributed by atoms with Gasteiger partial charge in [-0.15, -0.1) is 12.4 Å². The lowest BCUT2D eigenvalue weighted by molar-refractivity contribution is -0.131. The van der Waals surface area contributed by atoms with Crippen LogP contribution in [0.1, 0.15) is 43.6 Å². The third-order valence-electron chi connectivity index (χ3n) is 4.97. The van der Waals surface area contributed by atoms with Crippen molar-refractivity contribution in [3.05, 3.63) is 35.9 Å². The maximum Gasteiger partial charge on any atom is 0.222 e. The van der Waals surface area contributed by atoms with Gasteiger partial charge in [-0.2, -0.15) is 0 Å². The highest BCUT2D eigenvalue weighted by Gasteiger charge is 2.31. The van der Waals surface area contributed by atoms with Crippen LogP contribution in [0.2, 0.25) is 0 Å². The lowest BCUT2D eigenvalue weighted by Gasteiger charge is -2.21. The average molecular weight is 309 g/mol. The summed E-state index contributed by atoms with van der Waals surface area (Å²) in [6, 6.07) is 10.8. The van der Waals surface area contributed by atoms with Crippen LogP contribution in [0.25, 0.3) is 0 Å². The Hall–Kier alpha value is -1.06. The van der Waals surface area contributed by atoms with Crippen molar-refractivity contribution in [2.45, 2.75) is 44.1 Å². The van der Waals surface area contributed by atoms with E-state index < -0.39 is 0 Å². The maximum absolute atomic E-state index is 12.4. The van der Waals surface area contributed by atoms with Crippen LogP contribution in [0.4, 0.5) is 0 Å². The minimum atomic E-state index is 0. The molecular formula is C17H25ClN2O. The fourth-order valence-corrected chi connectivity index (χ4v) is 3.66. The highest BCUT2D eigenvalue weighted by molar-refractivity contribution is 5.85. The van der Waals surface area contributed by atoms with Gasteiger partial charge in [0.25, 0.3) is 0 Å². The van der Waals surface area contributed by atoms with Crippen molar-refractivity contribution < 1.29 is 4.79 Å². The summed E-state index contributed by atoms with van der Waals surface area (Å²) in [5, 5.41) is 0. The van der Waals surface area contributed by atoms with Crippen molar-refractivity contribution in [2.75, 3.05) is 13.1 Å². The highest BCUT2D eigenvalue weighted by Crippen LogP contribution is 2.31. The minimum absolute atomic E-state index is 0. The largest absolute Gasteiger partial charge is 0.342 e. The summed E-state index contributed by atoms with van der Waals surface area (Å²) in [5.74, 6) is 1.24. The summed E-state index contributed by atoms with van der Waals surface area (Å²) < 4.78 is 0. The Balaban J connectivity index is 0.00000161. The average Bonchev–Trinajstić information content (AvgIpc) is 3.10. The molecule has 1 saturated carbocycles. The van der Waals surface area contributed by atoms with E-state index in [0.717, 1.165) is 32.4 Å². The molecular weight excluding hydrogens is 284 g/mol. The molecule has 0 aromatic heterocycles. The molecule has 2 aliphatic rings. The Morgan fingerprint density at radius 3 is 2.62 bits per heavy atom. The van der Waals surface area contributed by atoms with Crippen LogP contribution >= 0.6 is 12.4 Å². The lowest BCUT2D eigenvalue weighted by atomic mass is 9.98. The molecule has 1 unspecified atom stereocenters. The Morgan fingerprint density at radius 1 is 1.19 bits per heavy atom. The van der Waals surface area contributed by atoms with Gasteiger partial charge in [0.2, 0.25) is 5.91 Å². The molecule has 0 spiro atoms. The molecule has 0 bridgehead atoms. The predicted molar refractivity (Wildman–Crippen MR) is 87.6 cm³/mol. The Bertz CT molecular complexity index is 465. The van der Waals surface area contributed by atoms with Crippen LogP contribution in [0.3, 0.4) is 0 Å². The van der Waals surface area contributed by atoms with E-state index in [-0.39, 0.29) is 18.4 Å². The van der Waals surface area contributed by atoms with Crippen LogP contribution in [-0.2, 0) is 4.79 Å². The first-order chi connectivity index (χ1) is 9.74. The monoisotopic (exact) mass is 308 g/mol. The summed E-state index contributed by atoms with van der Waals surface area (Å²) in [6.07, 6.45) is 5.15. The molecule has 1 heterocycles. The zero-order valence-corrected chi connectivity index (χ0v) is 13.2. The van der Waals surface area contributed by atoms with Gasteiger partial charge in [0.05, 0.1) is 0 Å². The SMILES string of the molecule is Cl.N[C@@H]1CCC[C@H]1CC(=O)N1CCC(c2ccccc2)C1. The summed E-state index contributed by atoms with van der Waals surface area (Å²) in [4.78, 5) is 14.4. The number of nitrogens with zero attached hydrogens (tertiary/aromatic N) is 1.